The minimum absolute atomic E-state index is 0.0936. The number of non-ortho nitro benzene ring substituents is 1. The summed E-state index contributed by atoms with van der Waals surface area (Å²) < 4.78 is 0. The number of imide groups is 1. The number of rotatable bonds is 5. The van der Waals surface area contributed by atoms with Gasteiger partial charge < -0.3 is 0 Å². The van der Waals surface area contributed by atoms with E-state index in [4.69, 9.17) is 23.2 Å². The van der Waals surface area contributed by atoms with Gasteiger partial charge in [0.25, 0.3) is 23.4 Å². The monoisotopic (exact) mass is 475 g/mol. The molecule has 4 rings (SSSR count). The predicted octanol–water partition coefficient (Wildman–Crippen LogP) is 4.63. The molecule has 3 amide bonds. The van der Waals surface area contributed by atoms with E-state index in [1.54, 1.807) is 18.2 Å². The van der Waals surface area contributed by atoms with Crippen LogP contribution in [0.3, 0.4) is 0 Å². The van der Waals surface area contributed by atoms with Crippen molar-refractivity contribution in [1.82, 2.24) is 10.0 Å². The fraction of sp³-hybridized carbons (Fsp3) is 0.318. The second kappa shape index (κ2) is 8.88. The number of hydrogen-bond donors (Lipinski definition) is 0. The van der Waals surface area contributed by atoms with Crippen LogP contribution in [-0.4, -0.2) is 32.7 Å². The van der Waals surface area contributed by atoms with Gasteiger partial charge >= 0.3 is 0 Å². The van der Waals surface area contributed by atoms with Crippen LogP contribution in [0.15, 0.2) is 42.5 Å². The third kappa shape index (κ3) is 4.08. The Morgan fingerprint density at radius 2 is 1.59 bits per heavy atom. The largest absolute Gasteiger partial charge is 0.273 e. The van der Waals surface area contributed by atoms with Gasteiger partial charge in [-0.15, -0.1) is 0 Å². The maximum Gasteiger partial charge on any atom is 0.273 e. The van der Waals surface area contributed by atoms with Crippen LogP contribution in [0, 0.1) is 22.0 Å². The van der Waals surface area contributed by atoms with Crippen LogP contribution in [0.4, 0.5) is 5.69 Å². The summed E-state index contributed by atoms with van der Waals surface area (Å²) in [6, 6.07) is 9.82. The van der Waals surface area contributed by atoms with Gasteiger partial charge in [0.05, 0.1) is 33.3 Å². The van der Waals surface area contributed by atoms with Gasteiger partial charge in [0.15, 0.2) is 0 Å². The SMILES string of the molecule is O=C(c1ccc([N+](=O)[O-])cc1)N(Cc1ccc(Cl)c(Cl)c1)N1C(=O)[C@H]2CCCC[C@@H]2C1=O. The van der Waals surface area contributed by atoms with Crippen molar-refractivity contribution in [2.24, 2.45) is 11.8 Å². The number of fused-ring (bicyclic) bond motifs is 1. The first-order valence-corrected chi connectivity index (χ1v) is 10.9. The van der Waals surface area contributed by atoms with E-state index in [2.05, 4.69) is 0 Å². The predicted molar refractivity (Wildman–Crippen MR) is 117 cm³/mol. The molecule has 0 spiro atoms. The van der Waals surface area contributed by atoms with Crippen LogP contribution in [0.25, 0.3) is 0 Å². The highest BCUT2D eigenvalue weighted by molar-refractivity contribution is 6.42. The Bertz CT molecular complexity index is 1080. The van der Waals surface area contributed by atoms with Crippen LogP contribution in [0.5, 0.6) is 0 Å². The maximum absolute atomic E-state index is 13.4. The van der Waals surface area contributed by atoms with Crippen molar-refractivity contribution in [1.29, 1.82) is 0 Å². The molecule has 2 aromatic carbocycles. The van der Waals surface area contributed by atoms with Gasteiger partial charge in [-0.25, -0.2) is 5.01 Å². The molecule has 1 aliphatic heterocycles. The van der Waals surface area contributed by atoms with Gasteiger partial charge in [-0.2, -0.15) is 5.01 Å². The number of halogens is 2. The lowest BCUT2D eigenvalue weighted by Crippen LogP contribution is -2.49. The van der Waals surface area contributed by atoms with Crippen LogP contribution in [-0.2, 0) is 16.1 Å². The molecule has 2 fully saturated rings. The summed E-state index contributed by atoms with van der Waals surface area (Å²) in [7, 11) is 0. The highest BCUT2D eigenvalue weighted by Crippen LogP contribution is 2.39. The summed E-state index contributed by atoms with van der Waals surface area (Å²) in [5, 5.41) is 13.6. The van der Waals surface area contributed by atoms with E-state index in [-0.39, 0.29) is 22.8 Å². The van der Waals surface area contributed by atoms with Gasteiger partial charge in [-0.3, -0.25) is 24.5 Å². The highest BCUT2D eigenvalue weighted by Gasteiger charge is 2.51. The van der Waals surface area contributed by atoms with E-state index in [1.165, 1.54) is 24.3 Å². The van der Waals surface area contributed by atoms with Crippen molar-refractivity contribution in [2.75, 3.05) is 0 Å². The van der Waals surface area contributed by atoms with Crippen LogP contribution < -0.4 is 0 Å². The van der Waals surface area contributed by atoms with E-state index in [9.17, 15) is 24.5 Å². The normalized spacial score (nSPS) is 20.2. The maximum atomic E-state index is 13.4. The summed E-state index contributed by atoms with van der Waals surface area (Å²) in [5.41, 5.74) is 0.521. The molecule has 1 aliphatic carbocycles. The van der Waals surface area contributed by atoms with Gasteiger partial charge in [0.2, 0.25) is 0 Å². The molecule has 0 N–H and O–H groups in total. The van der Waals surface area contributed by atoms with Gasteiger partial charge in [-0.05, 0) is 42.7 Å². The average molecular weight is 476 g/mol. The second-order valence-corrected chi connectivity index (χ2v) is 8.72. The first-order valence-electron chi connectivity index (χ1n) is 10.2. The molecule has 2 aliphatic rings. The van der Waals surface area contributed by atoms with E-state index in [1.807, 2.05) is 0 Å². The van der Waals surface area contributed by atoms with E-state index >= 15 is 0 Å². The first-order chi connectivity index (χ1) is 15.3. The number of hydrogen-bond acceptors (Lipinski definition) is 5. The zero-order valence-corrected chi connectivity index (χ0v) is 18.4. The zero-order chi connectivity index (χ0) is 23.0. The number of carbonyl (C=O) groups excluding carboxylic acids is 3. The van der Waals surface area contributed by atoms with E-state index in [0.29, 0.717) is 23.4 Å². The summed E-state index contributed by atoms with van der Waals surface area (Å²) in [5.74, 6) is -2.27. The van der Waals surface area contributed by atoms with Crippen LogP contribution in [0.1, 0.15) is 41.6 Å². The molecule has 0 aromatic heterocycles. The number of nitrogens with zero attached hydrogens (tertiary/aromatic N) is 3. The van der Waals surface area contributed by atoms with Crippen LogP contribution in [0.2, 0.25) is 10.0 Å². The smallest absolute Gasteiger partial charge is 0.272 e. The standard InChI is InChI=1S/C22H19Cl2N3O5/c23-18-10-5-13(11-19(18)24)12-25(20(28)14-6-8-15(9-7-14)27(31)32)26-21(29)16-3-1-2-4-17(16)22(26)30/h5-11,16-17H,1-4,12H2/t16-,17-/m0/s1. The van der Waals surface area contributed by atoms with Gasteiger partial charge in [-0.1, -0.05) is 42.1 Å². The van der Waals surface area contributed by atoms with Crippen molar-refractivity contribution >= 4 is 46.6 Å². The quantitative estimate of drug-likeness (QED) is 0.356. The zero-order valence-electron chi connectivity index (χ0n) is 16.9. The Kier molecular flexibility index (Phi) is 6.17. The fourth-order valence-electron chi connectivity index (χ4n) is 4.30. The second-order valence-electron chi connectivity index (χ2n) is 7.90. The lowest BCUT2D eigenvalue weighted by molar-refractivity contribution is -0.384. The molecule has 1 heterocycles. The third-order valence-corrected chi connectivity index (χ3v) is 6.67. The van der Waals surface area contributed by atoms with Gasteiger partial charge in [0.1, 0.15) is 0 Å². The third-order valence-electron chi connectivity index (χ3n) is 5.94. The Morgan fingerprint density at radius 1 is 1.00 bits per heavy atom. The Labute approximate surface area is 193 Å². The molecule has 10 heteroatoms. The minimum Gasteiger partial charge on any atom is -0.272 e. The molecular formula is C22H19Cl2N3O5. The lowest BCUT2D eigenvalue weighted by atomic mass is 9.81. The molecular weight excluding hydrogens is 457 g/mol. The highest BCUT2D eigenvalue weighted by atomic mass is 35.5. The van der Waals surface area contributed by atoms with Crippen molar-refractivity contribution in [3.05, 3.63) is 73.8 Å². The van der Waals surface area contributed by atoms with E-state index < -0.39 is 34.5 Å². The Hall–Kier alpha value is -2.97. The van der Waals surface area contributed by atoms with Crippen LogP contribution >= 0.6 is 23.2 Å². The summed E-state index contributed by atoms with van der Waals surface area (Å²) in [6.45, 7) is -0.0936. The number of carbonyl (C=O) groups is 3. The average Bonchev–Trinajstić information content (AvgIpc) is 3.04. The molecule has 1 saturated heterocycles. The lowest BCUT2D eigenvalue weighted by Gasteiger charge is -2.30. The molecule has 166 valence electrons. The molecule has 32 heavy (non-hydrogen) atoms. The van der Waals surface area contributed by atoms with Crippen molar-refractivity contribution in [3.8, 4) is 0 Å². The Balaban J connectivity index is 1.71. The minimum atomic E-state index is -0.619. The molecule has 0 unspecified atom stereocenters. The van der Waals surface area contributed by atoms with Crippen molar-refractivity contribution in [3.63, 3.8) is 0 Å². The van der Waals surface area contributed by atoms with Crippen molar-refractivity contribution < 1.29 is 19.3 Å². The summed E-state index contributed by atoms with van der Waals surface area (Å²) in [4.78, 5) is 50.1. The number of nitro benzene ring substituents is 1. The van der Waals surface area contributed by atoms with Gasteiger partial charge in [0, 0.05) is 17.7 Å². The molecule has 1 saturated carbocycles. The summed E-state index contributed by atoms with van der Waals surface area (Å²) >= 11 is 12.1. The number of nitro groups is 1. The number of benzene rings is 2. The van der Waals surface area contributed by atoms with Crippen molar-refractivity contribution in [2.45, 2.75) is 32.2 Å². The molecule has 0 radical (unpaired) electrons. The molecule has 2 aromatic rings. The Morgan fingerprint density at radius 3 is 2.12 bits per heavy atom. The van der Waals surface area contributed by atoms with E-state index in [0.717, 1.165) is 22.9 Å². The molecule has 2 atom stereocenters. The first kappa shape index (κ1) is 22.2. The molecule has 8 nitrogen and oxygen atoms in total. The summed E-state index contributed by atoms with van der Waals surface area (Å²) in [6.07, 6.45) is 2.93. The number of hydrazine groups is 1. The number of amides is 3. The fourth-order valence-corrected chi connectivity index (χ4v) is 4.62. The molecule has 0 bridgehead atoms. The topological polar surface area (TPSA) is 101 Å².